The molecular weight excluding hydrogens is 218 g/mol. The largest absolute Gasteiger partial charge is 0.468 e. The number of rotatable bonds is 3. The van der Waals surface area contributed by atoms with E-state index in [1.165, 1.54) is 14.0 Å². The third-order valence-corrected chi connectivity index (χ3v) is 2.40. The molecule has 0 aliphatic carbocycles. The van der Waals surface area contributed by atoms with E-state index in [4.69, 9.17) is 10.5 Å². The first-order valence-electron chi connectivity index (χ1n) is 5.13. The van der Waals surface area contributed by atoms with Gasteiger partial charge in [0.2, 0.25) is 0 Å². The maximum Gasteiger partial charge on any atom is 0.303 e. The van der Waals surface area contributed by atoms with Gasteiger partial charge in [0.1, 0.15) is 5.69 Å². The monoisotopic (exact) mass is 231 g/mol. The molecule has 2 aromatic rings. The number of nitrogens with zero attached hydrogens (tertiary/aromatic N) is 2. The number of carbonyl (C=O) groups excluding carboxylic acids is 1. The van der Waals surface area contributed by atoms with Gasteiger partial charge in [-0.1, -0.05) is 18.2 Å². The predicted molar refractivity (Wildman–Crippen MR) is 64.5 cm³/mol. The zero-order valence-corrected chi connectivity index (χ0v) is 9.68. The van der Waals surface area contributed by atoms with Gasteiger partial charge in [0.15, 0.2) is 11.6 Å². The number of benzene rings is 1. The lowest BCUT2D eigenvalue weighted by molar-refractivity contribution is 0.101. The number of imidazole rings is 1. The van der Waals surface area contributed by atoms with E-state index in [-0.39, 0.29) is 11.6 Å². The third-order valence-electron chi connectivity index (χ3n) is 2.40. The van der Waals surface area contributed by atoms with Crippen molar-refractivity contribution in [1.82, 2.24) is 9.55 Å². The Balaban J connectivity index is 2.70. The number of ether oxygens (including phenoxy) is 1. The minimum absolute atomic E-state index is 0.151. The van der Waals surface area contributed by atoms with Gasteiger partial charge < -0.3 is 10.5 Å². The molecule has 0 saturated carbocycles. The topological polar surface area (TPSA) is 70.1 Å². The number of methoxy groups -OCH3 is 1. The lowest BCUT2D eigenvalue weighted by Gasteiger charge is -2.08. The molecule has 0 atom stereocenters. The van der Waals surface area contributed by atoms with Crippen LogP contribution in [0.1, 0.15) is 17.4 Å². The summed E-state index contributed by atoms with van der Waals surface area (Å²) in [6.45, 7) is 1.45. The van der Waals surface area contributed by atoms with Crippen LogP contribution in [0.15, 0.2) is 30.3 Å². The lowest BCUT2D eigenvalue weighted by atomic mass is 10.2. The standard InChI is InChI=1S/C12H13N3O2/c1-8(16)10-11(13)14-12(17-2)15(10)9-6-4-3-5-7-9/h3-7H,13H2,1-2H3. The van der Waals surface area contributed by atoms with Gasteiger partial charge >= 0.3 is 6.01 Å². The molecule has 0 bridgehead atoms. The third kappa shape index (κ3) is 1.87. The van der Waals surface area contributed by atoms with E-state index in [9.17, 15) is 4.79 Å². The van der Waals surface area contributed by atoms with Gasteiger partial charge in [-0.2, -0.15) is 4.98 Å². The van der Waals surface area contributed by atoms with Gasteiger partial charge in [0.25, 0.3) is 0 Å². The van der Waals surface area contributed by atoms with Crippen molar-refractivity contribution in [3.63, 3.8) is 0 Å². The number of hydrogen-bond donors (Lipinski definition) is 1. The van der Waals surface area contributed by atoms with Crippen LogP contribution in [0.3, 0.4) is 0 Å². The van der Waals surface area contributed by atoms with E-state index in [0.29, 0.717) is 11.7 Å². The molecule has 0 aliphatic heterocycles. The van der Waals surface area contributed by atoms with Crippen LogP contribution in [0.2, 0.25) is 0 Å². The average molecular weight is 231 g/mol. The molecule has 1 aromatic carbocycles. The zero-order valence-electron chi connectivity index (χ0n) is 9.68. The number of para-hydroxylation sites is 1. The quantitative estimate of drug-likeness (QED) is 0.815. The Morgan fingerprint density at radius 1 is 1.35 bits per heavy atom. The summed E-state index contributed by atoms with van der Waals surface area (Å²) in [5.74, 6) is 0.0281. The van der Waals surface area contributed by atoms with Crippen LogP contribution in [0.5, 0.6) is 6.01 Å². The van der Waals surface area contributed by atoms with Gasteiger partial charge in [-0.15, -0.1) is 0 Å². The average Bonchev–Trinajstić information content (AvgIpc) is 2.67. The number of nitrogen functional groups attached to an aromatic ring is 1. The normalized spacial score (nSPS) is 10.2. The van der Waals surface area contributed by atoms with Crippen molar-refractivity contribution >= 4 is 11.6 Å². The van der Waals surface area contributed by atoms with E-state index in [1.807, 2.05) is 30.3 Å². The highest BCUT2D eigenvalue weighted by molar-refractivity contribution is 5.97. The molecule has 0 aliphatic rings. The molecule has 0 fully saturated rings. The second-order valence-corrected chi connectivity index (χ2v) is 3.56. The molecule has 17 heavy (non-hydrogen) atoms. The summed E-state index contributed by atoms with van der Waals surface area (Å²) in [6, 6.07) is 9.65. The van der Waals surface area contributed by atoms with E-state index in [1.54, 1.807) is 4.57 Å². The van der Waals surface area contributed by atoms with Gasteiger partial charge in [-0.25, -0.2) is 0 Å². The van der Waals surface area contributed by atoms with E-state index < -0.39 is 0 Å². The molecule has 5 heteroatoms. The number of aromatic nitrogens is 2. The molecule has 2 N–H and O–H groups in total. The Labute approximate surface area is 98.8 Å². The Hall–Kier alpha value is -2.30. The molecule has 88 valence electrons. The first-order valence-corrected chi connectivity index (χ1v) is 5.13. The Morgan fingerprint density at radius 3 is 2.53 bits per heavy atom. The van der Waals surface area contributed by atoms with Crippen LogP contribution >= 0.6 is 0 Å². The molecule has 0 unspecified atom stereocenters. The summed E-state index contributed by atoms with van der Waals surface area (Å²) < 4.78 is 6.74. The molecule has 5 nitrogen and oxygen atoms in total. The van der Waals surface area contributed by atoms with Gasteiger partial charge in [-0.3, -0.25) is 9.36 Å². The number of ketones is 1. The maximum absolute atomic E-state index is 11.6. The van der Waals surface area contributed by atoms with Gasteiger partial charge in [0.05, 0.1) is 12.8 Å². The number of nitrogens with two attached hydrogens (primary N) is 1. The highest BCUT2D eigenvalue weighted by Crippen LogP contribution is 2.25. The molecule has 2 rings (SSSR count). The van der Waals surface area contributed by atoms with Gasteiger partial charge in [0, 0.05) is 6.92 Å². The first-order chi connectivity index (χ1) is 8.15. The summed E-state index contributed by atoms with van der Waals surface area (Å²) in [5.41, 5.74) is 6.85. The van der Waals surface area contributed by atoms with Crippen LogP contribution in [0.25, 0.3) is 5.69 Å². The summed E-state index contributed by atoms with van der Waals surface area (Å²) in [4.78, 5) is 15.6. The lowest BCUT2D eigenvalue weighted by Crippen LogP contribution is -2.07. The maximum atomic E-state index is 11.6. The minimum Gasteiger partial charge on any atom is -0.468 e. The van der Waals surface area contributed by atoms with E-state index in [0.717, 1.165) is 5.69 Å². The molecular formula is C12H13N3O2. The van der Waals surface area contributed by atoms with Crippen molar-refractivity contribution in [1.29, 1.82) is 0 Å². The van der Waals surface area contributed by atoms with Crippen molar-refractivity contribution < 1.29 is 9.53 Å². The number of Topliss-reactive ketones (excluding diaryl/α,β-unsaturated/α-hetero) is 1. The fraction of sp³-hybridized carbons (Fsp3) is 0.167. The van der Waals surface area contributed by atoms with Crippen LogP contribution in [0, 0.1) is 0 Å². The SMILES string of the molecule is COc1nc(N)c(C(C)=O)n1-c1ccccc1. The van der Waals surface area contributed by atoms with Crippen molar-refractivity contribution in [2.75, 3.05) is 12.8 Å². The molecule has 1 aromatic heterocycles. The van der Waals surface area contributed by atoms with E-state index >= 15 is 0 Å². The predicted octanol–water partition coefficient (Wildman–Crippen LogP) is 1.67. The van der Waals surface area contributed by atoms with E-state index in [2.05, 4.69) is 4.98 Å². The van der Waals surface area contributed by atoms with Crippen molar-refractivity contribution in [3.05, 3.63) is 36.0 Å². The van der Waals surface area contributed by atoms with Gasteiger partial charge in [-0.05, 0) is 12.1 Å². The fourth-order valence-corrected chi connectivity index (χ4v) is 1.71. The fourth-order valence-electron chi connectivity index (χ4n) is 1.71. The molecule has 0 radical (unpaired) electrons. The summed E-state index contributed by atoms with van der Waals surface area (Å²) in [7, 11) is 1.49. The molecule has 1 heterocycles. The second kappa shape index (κ2) is 4.29. The zero-order chi connectivity index (χ0) is 12.4. The van der Waals surface area contributed by atoms with Crippen molar-refractivity contribution in [2.45, 2.75) is 6.92 Å². The summed E-state index contributed by atoms with van der Waals surface area (Å²) in [6.07, 6.45) is 0. The van der Waals surface area contributed by atoms with Crippen molar-refractivity contribution in [3.8, 4) is 11.7 Å². The summed E-state index contributed by atoms with van der Waals surface area (Å²) in [5, 5.41) is 0. The highest BCUT2D eigenvalue weighted by Gasteiger charge is 2.20. The Bertz CT molecular complexity index is 546. The second-order valence-electron chi connectivity index (χ2n) is 3.56. The van der Waals surface area contributed by atoms with Crippen LogP contribution in [0.4, 0.5) is 5.82 Å². The Morgan fingerprint density at radius 2 is 2.00 bits per heavy atom. The van der Waals surface area contributed by atoms with Crippen LogP contribution in [-0.4, -0.2) is 22.4 Å². The summed E-state index contributed by atoms with van der Waals surface area (Å²) >= 11 is 0. The smallest absolute Gasteiger partial charge is 0.303 e. The van der Waals surface area contributed by atoms with Crippen LogP contribution in [-0.2, 0) is 0 Å². The Kier molecular flexibility index (Phi) is 2.82. The minimum atomic E-state index is -0.151. The molecule has 0 spiro atoms. The molecule has 0 amide bonds. The first kappa shape index (κ1) is 11.2. The number of carbonyl (C=O) groups is 1. The van der Waals surface area contributed by atoms with Crippen LogP contribution < -0.4 is 10.5 Å². The number of anilines is 1. The highest BCUT2D eigenvalue weighted by atomic mass is 16.5. The number of hydrogen-bond acceptors (Lipinski definition) is 4. The van der Waals surface area contributed by atoms with Crippen molar-refractivity contribution in [2.24, 2.45) is 0 Å². The molecule has 0 saturated heterocycles.